The topological polar surface area (TPSA) is 76.2 Å². The van der Waals surface area contributed by atoms with Gasteiger partial charge < -0.3 is 14.4 Å². The number of carbonyl (C=O) groups excluding carboxylic acids is 1. The second-order valence-corrected chi connectivity index (χ2v) is 10.0. The Kier molecular flexibility index (Phi) is 7.90. The Hall–Kier alpha value is -2.45. The summed E-state index contributed by atoms with van der Waals surface area (Å²) in [4.78, 5) is 14.9. The van der Waals surface area contributed by atoms with Gasteiger partial charge in [0.15, 0.2) is 0 Å². The normalized spacial score (nSPS) is 14.6. The summed E-state index contributed by atoms with van der Waals surface area (Å²) in [6, 6.07) is 9.59. The Balaban J connectivity index is 2.06. The van der Waals surface area contributed by atoms with Gasteiger partial charge in [-0.25, -0.2) is 8.42 Å². The fourth-order valence-electron chi connectivity index (χ4n) is 3.77. The number of sulfonamides is 1. The maximum atomic E-state index is 13.8. The number of rotatable bonds is 7. The van der Waals surface area contributed by atoms with E-state index in [-0.39, 0.29) is 33.8 Å². The van der Waals surface area contributed by atoms with Crippen molar-refractivity contribution in [1.82, 2.24) is 4.90 Å². The molecule has 1 fully saturated rings. The third-order valence-corrected chi connectivity index (χ3v) is 7.64. The van der Waals surface area contributed by atoms with Gasteiger partial charge in [0.1, 0.15) is 22.9 Å². The molecule has 1 amide bonds. The highest BCUT2D eigenvalue weighted by molar-refractivity contribution is 7.93. The van der Waals surface area contributed by atoms with Gasteiger partial charge in [-0.15, -0.1) is 0 Å². The molecule has 1 aliphatic heterocycles. The maximum absolute atomic E-state index is 13.8. The minimum absolute atomic E-state index is 0.00407. The van der Waals surface area contributed by atoms with Crippen LogP contribution in [0.15, 0.2) is 41.3 Å². The molecule has 0 aliphatic carbocycles. The molecule has 2 aromatic rings. The van der Waals surface area contributed by atoms with E-state index in [4.69, 9.17) is 21.1 Å². The molecular weight excluding hydrogens is 452 g/mol. The van der Waals surface area contributed by atoms with Gasteiger partial charge in [0.25, 0.3) is 10.0 Å². The van der Waals surface area contributed by atoms with E-state index in [0.29, 0.717) is 18.8 Å². The second-order valence-electron chi connectivity index (χ2n) is 7.78. The fraction of sp³-hybridized carbons (Fsp3) is 0.435. The van der Waals surface area contributed by atoms with Crippen molar-refractivity contribution in [3.63, 3.8) is 0 Å². The standard InChI is InChI=1S/C23H29ClN2O5S/c1-17-8-10-21(31-3)22(14-17)32(28,29)26(18-9-11-20(30-2)19(24)15-18)16-23(27)25-12-6-4-5-7-13-25/h8-11,14-15H,4-7,12-13,16H2,1-3H3. The summed E-state index contributed by atoms with van der Waals surface area (Å²) in [6.07, 6.45) is 3.97. The Labute approximate surface area is 194 Å². The van der Waals surface area contributed by atoms with Crippen molar-refractivity contribution in [2.24, 2.45) is 0 Å². The number of hydrogen-bond donors (Lipinski definition) is 0. The van der Waals surface area contributed by atoms with Gasteiger partial charge in [-0.2, -0.15) is 0 Å². The first-order valence-electron chi connectivity index (χ1n) is 10.6. The van der Waals surface area contributed by atoms with Gasteiger partial charge in [-0.05, 0) is 55.7 Å². The number of hydrogen-bond acceptors (Lipinski definition) is 5. The number of aryl methyl sites for hydroxylation is 1. The van der Waals surface area contributed by atoms with E-state index in [0.717, 1.165) is 35.6 Å². The van der Waals surface area contributed by atoms with E-state index in [2.05, 4.69) is 0 Å². The molecule has 1 saturated heterocycles. The molecule has 2 aromatic carbocycles. The Bertz CT molecular complexity index is 1070. The van der Waals surface area contributed by atoms with Crippen molar-refractivity contribution in [3.05, 3.63) is 47.0 Å². The molecule has 7 nitrogen and oxygen atoms in total. The van der Waals surface area contributed by atoms with E-state index in [1.807, 2.05) is 0 Å². The number of halogens is 1. The van der Waals surface area contributed by atoms with Gasteiger partial charge in [0.2, 0.25) is 5.91 Å². The Morgan fingerprint density at radius 2 is 1.62 bits per heavy atom. The molecule has 3 rings (SSSR count). The van der Waals surface area contributed by atoms with Crippen LogP contribution in [-0.4, -0.2) is 53.1 Å². The SMILES string of the molecule is COc1ccc(N(CC(=O)N2CCCCCC2)S(=O)(=O)c2cc(C)ccc2OC)cc1Cl. The molecule has 0 spiro atoms. The molecule has 0 unspecified atom stereocenters. The quantitative estimate of drug-likeness (QED) is 0.591. The molecule has 0 N–H and O–H groups in total. The van der Waals surface area contributed by atoms with Gasteiger partial charge >= 0.3 is 0 Å². The Morgan fingerprint density at radius 3 is 2.22 bits per heavy atom. The predicted octanol–water partition coefficient (Wildman–Crippen LogP) is 4.26. The van der Waals surface area contributed by atoms with E-state index in [9.17, 15) is 13.2 Å². The minimum atomic E-state index is -4.14. The average Bonchev–Trinajstić information content (AvgIpc) is 3.07. The van der Waals surface area contributed by atoms with Gasteiger partial charge in [0, 0.05) is 13.1 Å². The highest BCUT2D eigenvalue weighted by Gasteiger charge is 2.32. The van der Waals surface area contributed by atoms with E-state index in [1.54, 1.807) is 42.2 Å². The van der Waals surface area contributed by atoms with E-state index >= 15 is 0 Å². The van der Waals surface area contributed by atoms with Crippen LogP contribution in [0.4, 0.5) is 5.69 Å². The fourth-order valence-corrected chi connectivity index (χ4v) is 5.67. The summed E-state index contributed by atoms with van der Waals surface area (Å²) >= 11 is 6.29. The summed E-state index contributed by atoms with van der Waals surface area (Å²) in [5.41, 5.74) is 1.04. The number of likely N-dealkylation sites (tertiary alicyclic amines) is 1. The van der Waals surface area contributed by atoms with Crippen molar-refractivity contribution in [3.8, 4) is 11.5 Å². The molecule has 0 saturated carbocycles. The van der Waals surface area contributed by atoms with Crippen LogP contribution >= 0.6 is 11.6 Å². The number of carbonyl (C=O) groups is 1. The molecule has 1 heterocycles. The first-order valence-corrected chi connectivity index (χ1v) is 12.4. The van der Waals surface area contributed by atoms with Crippen molar-refractivity contribution < 1.29 is 22.7 Å². The number of nitrogens with zero attached hydrogens (tertiary/aromatic N) is 2. The summed E-state index contributed by atoms with van der Waals surface area (Å²) in [6.45, 7) is 2.73. The van der Waals surface area contributed by atoms with Crippen molar-refractivity contribution in [2.75, 3.05) is 38.2 Å². The third-order valence-electron chi connectivity index (χ3n) is 5.55. The highest BCUT2D eigenvalue weighted by Crippen LogP contribution is 2.34. The van der Waals surface area contributed by atoms with Crippen molar-refractivity contribution >= 4 is 33.2 Å². The zero-order valence-corrected chi connectivity index (χ0v) is 20.2. The number of methoxy groups -OCH3 is 2. The predicted molar refractivity (Wildman–Crippen MR) is 125 cm³/mol. The van der Waals surface area contributed by atoms with Gasteiger partial charge in [-0.3, -0.25) is 9.10 Å². The summed E-state index contributed by atoms with van der Waals surface area (Å²) in [5, 5.41) is 0.253. The lowest BCUT2D eigenvalue weighted by molar-refractivity contribution is -0.129. The van der Waals surface area contributed by atoms with E-state index in [1.165, 1.54) is 20.3 Å². The number of ether oxygens (including phenoxy) is 2. The molecule has 0 atom stereocenters. The molecule has 1 aliphatic rings. The number of benzene rings is 2. The van der Waals surface area contributed by atoms with Crippen LogP contribution in [-0.2, 0) is 14.8 Å². The van der Waals surface area contributed by atoms with Crippen LogP contribution in [0.25, 0.3) is 0 Å². The lowest BCUT2D eigenvalue weighted by atomic mass is 10.2. The van der Waals surface area contributed by atoms with E-state index < -0.39 is 10.0 Å². The zero-order valence-electron chi connectivity index (χ0n) is 18.6. The largest absolute Gasteiger partial charge is 0.495 e. The maximum Gasteiger partial charge on any atom is 0.268 e. The van der Waals surface area contributed by atoms with Crippen LogP contribution in [0.3, 0.4) is 0 Å². The lowest BCUT2D eigenvalue weighted by Gasteiger charge is -2.28. The summed E-state index contributed by atoms with van der Waals surface area (Å²) in [5.74, 6) is 0.385. The molecular formula is C23H29ClN2O5S. The van der Waals surface area contributed by atoms with Crippen molar-refractivity contribution in [1.29, 1.82) is 0 Å². The monoisotopic (exact) mass is 480 g/mol. The molecule has 0 bridgehead atoms. The molecule has 0 aromatic heterocycles. The molecule has 32 heavy (non-hydrogen) atoms. The van der Waals surface area contributed by atoms with Crippen LogP contribution in [0.2, 0.25) is 5.02 Å². The van der Waals surface area contributed by atoms with Crippen LogP contribution < -0.4 is 13.8 Å². The number of anilines is 1. The van der Waals surface area contributed by atoms with Crippen molar-refractivity contribution in [2.45, 2.75) is 37.5 Å². The van der Waals surface area contributed by atoms with Gasteiger partial charge in [0.05, 0.1) is 24.9 Å². The van der Waals surface area contributed by atoms with Crippen LogP contribution in [0, 0.1) is 6.92 Å². The Morgan fingerprint density at radius 1 is 1.00 bits per heavy atom. The highest BCUT2D eigenvalue weighted by atomic mass is 35.5. The molecule has 0 radical (unpaired) electrons. The van der Waals surface area contributed by atoms with Gasteiger partial charge in [-0.1, -0.05) is 30.5 Å². The molecule has 174 valence electrons. The third kappa shape index (κ3) is 5.30. The van der Waals surface area contributed by atoms with Crippen LogP contribution in [0.1, 0.15) is 31.2 Å². The first-order chi connectivity index (χ1) is 15.3. The second kappa shape index (κ2) is 10.4. The zero-order chi connectivity index (χ0) is 23.3. The summed E-state index contributed by atoms with van der Waals surface area (Å²) in [7, 11) is -1.24. The lowest BCUT2D eigenvalue weighted by Crippen LogP contribution is -2.43. The molecule has 9 heteroatoms. The smallest absolute Gasteiger partial charge is 0.268 e. The number of amides is 1. The first kappa shape index (κ1) is 24.2. The minimum Gasteiger partial charge on any atom is -0.495 e. The summed E-state index contributed by atoms with van der Waals surface area (Å²) < 4.78 is 39.3. The average molecular weight is 481 g/mol. The van der Waals surface area contributed by atoms with Crippen LogP contribution in [0.5, 0.6) is 11.5 Å².